The van der Waals surface area contributed by atoms with E-state index in [0.717, 1.165) is 31.7 Å². The normalized spacial score (nSPS) is 22.2. The number of rotatable bonds is 2. The van der Waals surface area contributed by atoms with Crippen LogP contribution in [-0.4, -0.2) is 34.7 Å². The molecule has 0 saturated carbocycles. The average molecular weight is 242 g/mol. The number of hydrogen-bond acceptors (Lipinski definition) is 3. The fourth-order valence-corrected chi connectivity index (χ4v) is 2.34. The summed E-state index contributed by atoms with van der Waals surface area (Å²) in [6.07, 6.45) is 2.29. The third-order valence-electron chi connectivity index (χ3n) is 3.15. The third-order valence-corrected chi connectivity index (χ3v) is 3.43. The molecule has 2 heterocycles. The lowest BCUT2D eigenvalue weighted by atomic mass is 9.94. The summed E-state index contributed by atoms with van der Waals surface area (Å²) in [5.41, 5.74) is 0.594. The van der Waals surface area contributed by atoms with Crippen LogP contribution in [0.1, 0.15) is 31.4 Å². The summed E-state index contributed by atoms with van der Waals surface area (Å²) in [4.78, 5) is 13.5. The summed E-state index contributed by atoms with van der Waals surface area (Å²) in [7, 11) is 0. The summed E-state index contributed by atoms with van der Waals surface area (Å²) in [5.74, 6) is 0.392. The molecule has 1 aromatic heterocycles. The molecule has 1 N–H and O–H groups in total. The highest BCUT2D eigenvalue weighted by atomic mass is 35.5. The van der Waals surface area contributed by atoms with Crippen LogP contribution >= 0.6 is 11.6 Å². The Morgan fingerprint density at radius 3 is 3.19 bits per heavy atom. The van der Waals surface area contributed by atoms with E-state index in [-0.39, 0.29) is 10.6 Å². The van der Waals surface area contributed by atoms with Gasteiger partial charge in [-0.3, -0.25) is 4.79 Å². The van der Waals surface area contributed by atoms with Crippen molar-refractivity contribution in [2.75, 3.05) is 19.6 Å². The molecule has 0 amide bonds. The number of piperidine rings is 1. The zero-order valence-corrected chi connectivity index (χ0v) is 10.1. The van der Waals surface area contributed by atoms with E-state index in [1.807, 2.05) is 0 Å². The molecule has 2 rings (SSSR count). The lowest BCUT2D eigenvalue weighted by molar-refractivity contribution is 0.215. The van der Waals surface area contributed by atoms with Gasteiger partial charge in [0.1, 0.15) is 5.02 Å². The maximum atomic E-state index is 11.1. The number of aromatic nitrogens is 2. The van der Waals surface area contributed by atoms with Gasteiger partial charge in [-0.15, -0.1) is 0 Å². The summed E-state index contributed by atoms with van der Waals surface area (Å²) in [5, 5.41) is 6.76. The Bertz CT molecular complexity index is 418. The smallest absolute Gasteiger partial charge is 0.282 e. The Hall–Kier alpha value is -0.870. The molecule has 0 bridgehead atoms. The molecule has 0 spiro atoms. The molecule has 1 unspecified atom stereocenters. The molecule has 1 saturated heterocycles. The zero-order chi connectivity index (χ0) is 11.5. The third kappa shape index (κ3) is 2.44. The van der Waals surface area contributed by atoms with Gasteiger partial charge >= 0.3 is 0 Å². The van der Waals surface area contributed by atoms with E-state index < -0.39 is 0 Å². The maximum Gasteiger partial charge on any atom is 0.282 e. The number of H-pyrrole nitrogens is 1. The first-order chi connectivity index (χ1) is 7.70. The lowest BCUT2D eigenvalue weighted by Crippen LogP contribution is -2.34. The Morgan fingerprint density at radius 1 is 1.69 bits per heavy atom. The highest BCUT2D eigenvalue weighted by Crippen LogP contribution is 2.25. The second-order valence-electron chi connectivity index (χ2n) is 4.20. The first-order valence-corrected chi connectivity index (χ1v) is 6.06. The molecule has 0 radical (unpaired) electrons. The number of halogens is 1. The molecule has 1 aliphatic heterocycles. The van der Waals surface area contributed by atoms with Crippen molar-refractivity contribution >= 4 is 11.6 Å². The molecule has 4 nitrogen and oxygen atoms in total. The molecule has 1 atom stereocenters. The minimum absolute atomic E-state index is 0.235. The van der Waals surface area contributed by atoms with Crippen LogP contribution in [0.15, 0.2) is 10.9 Å². The monoisotopic (exact) mass is 241 g/mol. The number of aromatic amines is 1. The van der Waals surface area contributed by atoms with Gasteiger partial charge in [-0.05, 0) is 32.0 Å². The van der Waals surface area contributed by atoms with E-state index in [1.165, 1.54) is 6.42 Å². The van der Waals surface area contributed by atoms with Gasteiger partial charge in [-0.2, -0.15) is 5.10 Å². The number of likely N-dealkylation sites (N-methyl/N-ethyl adjacent to an activating group) is 1. The minimum atomic E-state index is -0.312. The van der Waals surface area contributed by atoms with E-state index in [2.05, 4.69) is 22.0 Å². The van der Waals surface area contributed by atoms with Crippen LogP contribution in [0.3, 0.4) is 0 Å². The van der Waals surface area contributed by atoms with Gasteiger partial charge in [0.15, 0.2) is 0 Å². The van der Waals surface area contributed by atoms with Crippen LogP contribution in [0.5, 0.6) is 0 Å². The van der Waals surface area contributed by atoms with Gasteiger partial charge < -0.3 is 4.90 Å². The highest BCUT2D eigenvalue weighted by Gasteiger charge is 2.21. The lowest BCUT2D eigenvalue weighted by Gasteiger charge is -2.31. The standard InChI is InChI=1S/C11H16ClN3O/c1-2-15-5-3-4-8(7-15)10-6-9(12)11(16)14-13-10/h6,8H,2-5,7H2,1H3,(H,14,16). The second-order valence-corrected chi connectivity index (χ2v) is 4.61. The van der Waals surface area contributed by atoms with Crippen LogP contribution in [0.25, 0.3) is 0 Å². The quantitative estimate of drug-likeness (QED) is 0.856. The molecule has 0 aromatic carbocycles. The van der Waals surface area contributed by atoms with Crippen molar-refractivity contribution in [2.45, 2.75) is 25.7 Å². The van der Waals surface area contributed by atoms with E-state index in [0.29, 0.717) is 5.92 Å². The number of hydrogen-bond donors (Lipinski definition) is 1. The van der Waals surface area contributed by atoms with Crippen molar-refractivity contribution in [3.8, 4) is 0 Å². The Morgan fingerprint density at radius 2 is 2.50 bits per heavy atom. The molecule has 88 valence electrons. The zero-order valence-electron chi connectivity index (χ0n) is 9.37. The van der Waals surface area contributed by atoms with Crippen LogP contribution in [0.4, 0.5) is 0 Å². The summed E-state index contributed by atoms with van der Waals surface area (Å²) in [6, 6.07) is 1.70. The first kappa shape index (κ1) is 11.6. The van der Waals surface area contributed by atoms with Gasteiger partial charge in [-0.25, -0.2) is 5.10 Å². The van der Waals surface area contributed by atoms with Gasteiger partial charge in [0, 0.05) is 12.5 Å². The van der Waals surface area contributed by atoms with Gasteiger partial charge in [-0.1, -0.05) is 18.5 Å². The minimum Gasteiger partial charge on any atom is -0.303 e. The largest absolute Gasteiger partial charge is 0.303 e. The van der Waals surface area contributed by atoms with Crippen LogP contribution in [0, 0.1) is 0 Å². The molecular formula is C11H16ClN3O. The van der Waals surface area contributed by atoms with Crippen molar-refractivity contribution in [1.82, 2.24) is 15.1 Å². The van der Waals surface area contributed by atoms with Crippen molar-refractivity contribution in [3.63, 3.8) is 0 Å². The van der Waals surface area contributed by atoms with Crippen LogP contribution < -0.4 is 5.56 Å². The van der Waals surface area contributed by atoms with Crippen molar-refractivity contribution in [1.29, 1.82) is 0 Å². The van der Waals surface area contributed by atoms with E-state index in [4.69, 9.17) is 11.6 Å². The average Bonchev–Trinajstić information content (AvgIpc) is 2.33. The van der Waals surface area contributed by atoms with Gasteiger partial charge in [0.05, 0.1) is 5.69 Å². The number of nitrogens with one attached hydrogen (secondary N) is 1. The number of nitrogens with zero attached hydrogens (tertiary/aromatic N) is 2. The van der Waals surface area contributed by atoms with Crippen molar-refractivity contribution < 1.29 is 0 Å². The molecule has 16 heavy (non-hydrogen) atoms. The number of likely N-dealkylation sites (tertiary alicyclic amines) is 1. The van der Waals surface area contributed by atoms with E-state index in [9.17, 15) is 4.79 Å². The Labute approximate surface area is 99.6 Å². The van der Waals surface area contributed by atoms with E-state index >= 15 is 0 Å². The Kier molecular flexibility index (Phi) is 3.61. The predicted molar refractivity (Wildman–Crippen MR) is 64.0 cm³/mol. The SMILES string of the molecule is CCN1CCCC(c2cc(Cl)c(=O)[nH]n2)C1. The predicted octanol–water partition coefficient (Wildman–Crippen LogP) is 1.62. The topological polar surface area (TPSA) is 49.0 Å². The van der Waals surface area contributed by atoms with Crippen molar-refractivity contribution in [3.05, 3.63) is 27.1 Å². The van der Waals surface area contributed by atoms with Gasteiger partial charge in [0.2, 0.25) is 0 Å². The van der Waals surface area contributed by atoms with Crippen LogP contribution in [-0.2, 0) is 0 Å². The van der Waals surface area contributed by atoms with Gasteiger partial charge in [0.25, 0.3) is 5.56 Å². The Balaban J connectivity index is 2.17. The fourth-order valence-electron chi connectivity index (χ4n) is 2.19. The highest BCUT2D eigenvalue weighted by molar-refractivity contribution is 6.30. The molecule has 0 aliphatic carbocycles. The molecule has 1 aliphatic rings. The fraction of sp³-hybridized carbons (Fsp3) is 0.636. The second kappa shape index (κ2) is 4.97. The molecule has 5 heteroatoms. The molecule has 1 fully saturated rings. The summed E-state index contributed by atoms with van der Waals surface area (Å²) < 4.78 is 0. The first-order valence-electron chi connectivity index (χ1n) is 5.68. The van der Waals surface area contributed by atoms with Crippen molar-refractivity contribution in [2.24, 2.45) is 0 Å². The molecule has 1 aromatic rings. The summed E-state index contributed by atoms with van der Waals surface area (Å²) >= 11 is 5.81. The molecular weight excluding hydrogens is 226 g/mol. The summed E-state index contributed by atoms with van der Waals surface area (Å²) in [6.45, 7) is 5.39. The maximum absolute atomic E-state index is 11.1. The van der Waals surface area contributed by atoms with E-state index in [1.54, 1.807) is 6.07 Å². The van der Waals surface area contributed by atoms with Crippen LogP contribution in [0.2, 0.25) is 5.02 Å².